The van der Waals surface area contributed by atoms with Gasteiger partial charge >= 0.3 is 17.4 Å². The minimum atomic E-state index is -1.29. The van der Waals surface area contributed by atoms with E-state index in [1.54, 1.807) is 10.9 Å². The smallest absolute Gasteiger partial charge is 0.259 e. The predicted octanol–water partition coefficient (Wildman–Crippen LogP) is 4.68. The zero-order valence-corrected chi connectivity index (χ0v) is 16.2. The molecule has 0 unspecified atom stereocenters. The molecule has 0 aromatic carbocycles. The Morgan fingerprint density at radius 3 is 2.50 bits per heavy atom. The van der Waals surface area contributed by atoms with Gasteiger partial charge in [0.25, 0.3) is 0 Å². The lowest BCUT2D eigenvalue weighted by atomic mass is 10.1. The van der Waals surface area contributed by atoms with Crippen LogP contribution in [0.3, 0.4) is 0 Å². The zero-order valence-electron chi connectivity index (χ0n) is 14.4. The van der Waals surface area contributed by atoms with Crippen LogP contribution in [0.2, 0.25) is 0 Å². The monoisotopic (exact) mass is 371 g/mol. The van der Waals surface area contributed by atoms with Gasteiger partial charge in [-0.05, 0) is 40.5 Å². The molecule has 0 aliphatic carbocycles. The summed E-state index contributed by atoms with van der Waals surface area (Å²) in [5.41, 5.74) is 3.21. The number of nitrogens with zero attached hydrogens (tertiary/aromatic N) is 3. The van der Waals surface area contributed by atoms with Crippen LogP contribution in [0.1, 0.15) is 46.2 Å². The summed E-state index contributed by atoms with van der Waals surface area (Å²) in [4.78, 5) is 0. The number of hydrogen-bond acceptors (Lipinski definition) is 6. The predicted molar refractivity (Wildman–Crippen MR) is 91.9 cm³/mol. The Kier molecular flexibility index (Phi) is 9.16. The van der Waals surface area contributed by atoms with Gasteiger partial charge in [0.05, 0.1) is 12.2 Å². The maximum Gasteiger partial charge on any atom is 0.330 e. The highest BCUT2D eigenvalue weighted by molar-refractivity contribution is 7.18. The third-order valence-electron chi connectivity index (χ3n) is 3.27. The molecule has 0 aliphatic rings. The van der Waals surface area contributed by atoms with Crippen molar-refractivity contribution < 1.29 is 18.2 Å². The third kappa shape index (κ3) is 8.02. The van der Waals surface area contributed by atoms with Crippen LogP contribution in [0.4, 0.5) is 0 Å². The molecule has 0 spiro atoms. The lowest BCUT2D eigenvalue weighted by Gasteiger charge is -2.20. The first-order chi connectivity index (χ1) is 11.4. The van der Waals surface area contributed by atoms with Gasteiger partial charge in [-0.1, -0.05) is 28.5 Å². The van der Waals surface area contributed by atoms with E-state index in [-0.39, 0.29) is 6.42 Å². The number of allylic oxidation sites excluding steroid dienone is 4. The van der Waals surface area contributed by atoms with Crippen LogP contribution in [0.5, 0.6) is 0 Å². The van der Waals surface area contributed by atoms with E-state index in [0.717, 1.165) is 12.8 Å². The summed E-state index contributed by atoms with van der Waals surface area (Å²) in [5, 5.41) is 8.07. The second kappa shape index (κ2) is 10.6. The first-order valence-corrected chi connectivity index (χ1v) is 9.04. The van der Waals surface area contributed by atoms with Crippen LogP contribution in [-0.4, -0.2) is 20.8 Å². The molecule has 132 valence electrons. The van der Waals surface area contributed by atoms with Crippen LogP contribution in [-0.2, 0) is 31.1 Å². The minimum Gasteiger partial charge on any atom is -0.259 e. The summed E-state index contributed by atoms with van der Waals surface area (Å²) in [7, 11) is -1.10. The number of hydrogen-bond donors (Lipinski definition) is 0. The summed E-state index contributed by atoms with van der Waals surface area (Å²) in [6, 6.07) is 0. The van der Waals surface area contributed by atoms with E-state index in [9.17, 15) is 9.13 Å². The van der Waals surface area contributed by atoms with Crippen molar-refractivity contribution in [3.05, 3.63) is 35.2 Å². The van der Waals surface area contributed by atoms with Crippen LogP contribution < -0.4 is 0 Å². The van der Waals surface area contributed by atoms with Crippen LogP contribution >= 0.6 is 17.4 Å². The Hall–Kier alpha value is -1.26. The highest BCUT2D eigenvalue weighted by Crippen LogP contribution is 2.26. The van der Waals surface area contributed by atoms with E-state index >= 15 is 0 Å². The van der Waals surface area contributed by atoms with Crippen molar-refractivity contribution in [2.75, 3.05) is 0 Å². The average molecular weight is 371 g/mol. The minimum absolute atomic E-state index is 0.181. The second-order valence-electron chi connectivity index (χ2n) is 5.94. The first-order valence-electron chi connectivity index (χ1n) is 7.58. The molecular formula is C15H23N3O4P2. The molecule has 24 heavy (non-hydrogen) atoms. The molecule has 1 aromatic rings. The van der Waals surface area contributed by atoms with E-state index in [1.165, 1.54) is 18.1 Å². The van der Waals surface area contributed by atoms with Gasteiger partial charge in [-0.25, -0.2) is 13.8 Å². The van der Waals surface area contributed by atoms with Gasteiger partial charge in [-0.15, -0.1) is 5.10 Å². The second-order valence-corrected chi connectivity index (χ2v) is 6.61. The van der Waals surface area contributed by atoms with Gasteiger partial charge in [0.1, 0.15) is 0 Å². The maximum atomic E-state index is 10.6. The summed E-state index contributed by atoms with van der Waals surface area (Å²) < 4.78 is 32.8. The first kappa shape index (κ1) is 20.8. The van der Waals surface area contributed by atoms with Crippen LogP contribution in [0, 0.1) is 0 Å². The van der Waals surface area contributed by atoms with Gasteiger partial charge < -0.3 is 0 Å². The molecule has 1 heterocycles. The fourth-order valence-corrected chi connectivity index (χ4v) is 2.59. The van der Waals surface area contributed by atoms with Gasteiger partial charge in [-0.2, -0.15) is 0 Å². The average Bonchev–Trinajstić information content (AvgIpc) is 2.92. The third-order valence-corrected chi connectivity index (χ3v) is 4.19. The fourth-order valence-electron chi connectivity index (χ4n) is 2.02. The highest BCUT2D eigenvalue weighted by Gasteiger charge is 2.29. The van der Waals surface area contributed by atoms with E-state index < -0.39 is 23.2 Å². The van der Waals surface area contributed by atoms with Gasteiger partial charge in [0.2, 0.25) is 0 Å². The molecule has 1 rings (SSSR count). The summed E-state index contributed by atoms with van der Waals surface area (Å²) in [6.45, 7) is 8.43. The number of rotatable bonds is 11. The SMILES string of the molecule is CC(C)=CCC/C(C)=C/Cn1cc(CC(C)(OP=O)OP=O)nn1. The Labute approximate surface area is 145 Å². The fraction of sp³-hybridized carbons (Fsp3) is 0.600. The molecule has 9 heteroatoms. The van der Waals surface area contributed by atoms with Crippen molar-refractivity contribution in [2.24, 2.45) is 0 Å². The van der Waals surface area contributed by atoms with Crippen molar-refractivity contribution in [3.8, 4) is 0 Å². The summed E-state index contributed by atoms with van der Waals surface area (Å²) in [5.74, 6) is -1.29. The summed E-state index contributed by atoms with van der Waals surface area (Å²) in [6.07, 6.45) is 8.31. The Balaban J connectivity index is 2.60. The largest absolute Gasteiger partial charge is 0.330 e. The normalized spacial score (nSPS) is 14.8. The van der Waals surface area contributed by atoms with E-state index in [0.29, 0.717) is 12.2 Å². The summed E-state index contributed by atoms with van der Waals surface area (Å²) >= 11 is 0. The van der Waals surface area contributed by atoms with E-state index in [4.69, 9.17) is 9.05 Å². The van der Waals surface area contributed by atoms with E-state index in [1.807, 2.05) is 0 Å². The number of aromatic nitrogens is 3. The molecule has 0 fully saturated rings. The van der Waals surface area contributed by atoms with Gasteiger partial charge in [0, 0.05) is 12.6 Å². The van der Waals surface area contributed by atoms with E-state index in [2.05, 4.69) is 43.2 Å². The molecule has 1 aromatic heterocycles. The maximum absolute atomic E-state index is 10.6. The quantitative estimate of drug-likeness (QED) is 0.319. The lowest BCUT2D eigenvalue weighted by molar-refractivity contribution is -0.0805. The van der Waals surface area contributed by atoms with Crippen molar-refractivity contribution >= 4 is 17.4 Å². The lowest BCUT2D eigenvalue weighted by Crippen LogP contribution is -2.29. The molecule has 0 aliphatic heterocycles. The zero-order chi connectivity index (χ0) is 18.0. The molecule has 0 atom stereocenters. The molecule has 0 N–H and O–H groups in total. The Morgan fingerprint density at radius 1 is 1.25 bits per heavy atom. The topological polar surface area (TPSA) is 83.3 Å². The van der Waals surface area contributed by atoms with Crippen molar-refractivity contribution in [2.45, 2.75) is 59.3 Å². The molecule has 7 nitrogen and oxygen atoms in total. The Bertz CT molecular complexity index is 600. The molecule has 0 bridgehead atoms. The molecule has 0 amide bonds. The Morgan fingerprint density at radius 2 is 1.92 bits per heavy atom. The van der Waals surface area contributed by atoms with Crippen molar-refractivity contribution in [3.63, 3.8) is 0 Å². The van der Waals surface area contributed by atoms with Crippen molar-refractivity contribution in [1.29, 1.82) is 0 Å². The van der Waals surface area contributed by atoms with Crippen LogP contribution in [0.15, 0.2) is 29.5 Å². The van der Waals surface area contributed by atoms with Gasteiger partial charge in [-0.3, -0.25) is 9.05 Å². The van der Waals surface area contributed by atoms with Crippen molar-refractivity contribution in [1.82, 2.24) is 15.0 Å². The molecule has 0 radical (unpaired) electrons. The molecular weight excluding hydrogens is 348 g/mol. The molecule has 0 saturated heterocycles. The standard InChI is InChI=1S/C15H23N3O4P2/c1-12(2)6-5-7-13(3)8-9-18-11-14(16-17-18)10-15(4,21-23-19)22-24-20/h6,8,11H,5,7,9-10H2,1-4H3/b13-8+. The van der Waals surface area contributed by atoms with Gasteiger partial charge in [0.15, 0.2) is 5.79 Å². The van der Waals surface area contributed by atoms with Crippen LogP contribution in [0.25, 0.3) is 0 Å². The highest BCUT2D eigenvalue weighted by atomic mass is 31.1. The molecule has 0 saturated carbocycles.